The van der Waals surface area contributed by atoms with Crippen LogP contribution in [-0.2, 0) is 19.4 Å². The number of carbonyl (C=O) groups excluding carboxylic acids is 1. The number of hydrogen-bond donors (Lipinski definition) is 0. The molecule has 0 bridgehead atoms. The number of anilines is 1. The highest BCUT2D eigenvalue weighted by Gasteiger charge is 2.36. The van der Waals surface area contributed by atoms with Crippen molar-refractivity contribution in [2.24, 2.45) is 0 Å². The van der Waals surface area contributed by atoms with E-state index in [1.807, 2.05) is 27.7 Å². The van der Waals surface area contributed by atoms with Crippen LogP contribution >= 0.6 is 24.0 Å². The van der Waals surface area contributed by atoms with Gasteiger partial charge in [0.25, 0.3) is 5.91 Å². The Balaban J connectivity index is 1.79. The smallest absolute Gasteiger partial charge is 0.266 e. The molecule has 0 unspecified atom stereocenters. The number of nitrogens with zero attached hydrogens (tertiary/aromatic N) is 3. The zero-order valence-corrected chi connectivity index (χ0v) is 21.3. The zero-order valence-electron chi connectivity index (χ0n) is 18.8. The summed E-state index contributed by atoms with van der Waals surface area (Å²) in [5, 5.41) is -0.168. The van der Waals surface area contributed by atoms with Gasteiger partial charge in [-0.1, -0.05) is 30.0 Å². The summed E-state index contributed by atoms with van der Waals surface area (Å²) in [7, 11) is -3.96. The molecule has 8 nitrogen and oxygen atoms in total. The number of aryl methyl sites for hydroxylation is 2. The first-order valence-corrected chi connectivity index (χ1v) is 13.2. The lowest BCUT2D eigenvalue weighted by molar-refractivity contribution is -0.123. The molecule has 0 atom stereocenters. The lowest BCUT2D eigenvalue weighted by Crippen LogP contribution is -2.36. The van der Waals surface area contributed by atoms with Crippen LogP contribution in [0.4, 0.5) is 5.88 Å². The van der Waals surface area contributed by atoms with Crippen LogP contribution in [0.3, 0.4) is 0 Å². The van der Waals surface area contributed by atoms with E-state index in [0.717, 1.165) is 22.9 Å². The number of aromatic nitrogens is 1. The number of oxazole rings is 1. The second-order valence-electron chi connectivity index (χ2n) is 8.16. The molecule has 0 N–H and O–H groups in total. The van der Waals surface area contributed by atoms with Crippen LogP contribution in [0.1, 0.15) is 30.9 Å². The Hall–Kier alpha value is -2.21. The largest absolute Gasteiger partial charge is 0.420 e. The third-order valence-corrected chi connectivity index (χ3v) is 8.51. The Morgan fingerprint density at radius 1 is 1.18 bits per heavy atom. The lowest BCUT2D eigenvalue weighted by Gasteiger charge is -2.26. The molecular weight excluding hydrogens is 482 g/mol. The lowest BCUT2D eigenvalue weighted by atomic mass is 10.1. The summed E-state index contributed by atoms with van der Waals surface area (Å²) in [6, 6.07) is 4.89. The van der Waals surface area contributed by atoms with Crippen molar-refractivity contribution < 1.29 is 22.4 Å². The Labute approximate surface area is 202 Å². The van der Waals surface area contributed by atoms with Gasteiger partial charge in [0.1, 0.15) is 4.32 Å². The molecule has 4 rings (SSSR count). The number of amides is 1. The van der Waals surface area contributed by atoms with Crippen molar-refractivity contribution in [3.05, 3.63) is 40.1 Å². The van der Waals surface area contributed by atoms with E-state index in [0.29, 0.717) is 35.5 Å². The van der Waals surface area contributed by atoms with Crippen LogP contribution in [-0.4, -0.2) is 60.9 Å². The van der Waals surface area contributed by atoms with E-state index < -0.39 is 9.84 Å². The van der Waals surface area contributed by atoms with Crippen molar-refractivity contribution >= 4 is 56.0 Å². The molecular formula is C22H25N3O5S3. The molecule has 1 aromatic heterocycles. The molecule has 11 heteroatoms. The molecule has 0 saturated carbocycles. The van der Waals surface area contributed by atoms with Crippen molar-refractivity contribution in [2.75, 3.05) is 31.2 Å². The van der Waals surface area contributed by atoms with Gasteiger partial charge in [0.2, 0.25) is 26.6 Å². The van der Waals surface area contributed by atoms with Gasteiger partial charge >= 0.3 is 0 Å². The van der Waals surface area contributed by atoms with E-state index in [9.17, 15) is 13.2 Å². The Morgan fingerprint density at radius 3 is 2.48 bits per heavy atom. The van der Waals surface area contributed by atoms with Crippen molar-refractivity contribution in [1.82, 2.24) is 9.88 Å². The van der Waals surface area contributed by atoms with E-state index in [4.69, 9.17) is 21.4 Å². The van der Waals surface area contributed by atoms with Gasteiger partial charge in [-0.05, 0) is 51.0 Å². The topological polar surface area (TPSA) is 93.0 Å². The third-order valence-electron chi connectivity index (χ3n) is 5.53. The maximum atomic E-state index is 13.6. The van der Waals surface area contributed by atoms with E-state index in [1.54, 1.807) is 23.1 Å². The number of hydrogen-bond acceptors (Lipinski definition) is 9. The second kappa shape index (κ2) is 9.21. The molecule has 176 valence electrons. The summed E-state index contributed by atoms with van der Waals surface area (Å²) in [6.45, 7) is 9.39. The normalized spacial score (nSPS) is 18.8. The molecule has 2 aliphatic heterocycles. The molecule has 2 fully saturated rings. The number of thiocarbonyl (C=S) groups is 1. The third kappa shape index (κ3) is 4.59. The predicted octanol–water partition coefficient (Wildman–Crippen LogP) is 3.57. The number of sulfone groups is 1. The van der Waals surface area contributed by atoms with Crippen LogP contribution in [0.5, 0.6) is 0 Å². The SMILES string of the molecule is Cc1ccc(S(=O)(=O)c2nc(C=C3SC(=S)N(C(C)C)C3=O)oc2N2CCOCC2)cc1C. The number of carbonyl (C=O) groups is 1. The van der Waals surface area contributed by atoms with Gasteiger partial charge in [-0.2, -0.15) is 4.98 Å². The standard InChI is InChI=1S/C22H25N3O5S3/c1-13(2)25-20(26)17(32-22(25)31)12-18-23-19(21(30-18)24-7-9-29-10-8-24)33(27,28)16-6-5-14(3)15(4)11-16/h5-6,11-13H,7-10H2,1-4H3. The molecule has 0 aliphatic carbocycles. The molecule has 2 aromatic rings. The number of thioether (sulfide) groups is 1. The molecule has 1 aromatic carbocycles. The molecule has 0 radical (unpaired) electrons. The van der Waals surface area contributed by atoms with Gasteiger partial charge in [0, 0.05) is 25.2 Å². The molecule has 33 heavy (non-hydrogen) atoms. The predicted molar refractivity (Wildman–Crippen MR) is 131 cm³/mol. The quantitative estimate of drug-likeness (QED) is 0.445. The highest BCUT2D eigenvalue weighted by Crippen LogP contribution is 2.36. The van der Waals surface area contributed by atoms with Crippen molar-refractivity contribution in [3.8, 4) is 0 Å². The minimum Gasteiger partial charge on any atom is -0.420 e. The fourth-order valence-corrected chi connectivity index (χ4v) is 6.45. The number of rotatable bonds is 5. The maximum absolute atomic E-state index is 13.6. The number of benzene rings is 1. The molecule has 0 spiro atoms. The molecule has 1 amide bonds. The van der Waals surface area contributed by atoms with Crippen LogP contribution in [0.2, 0.25) is 0 Å². The Kier molecular flexibility index (Phi) is 6.68. The monoisotopic (exact) mass is 507 g/mol. The van der Waals surface area contributed by atoms with E-state index in [1.165, 1.54) is 11.0 Å². The van der Waals surface area contributed by atoms with Gasteiger partial charge < -0.3 is 14.1 Å². The highest BCUT2D eigenvalue weighted by molar-refractivity contribution is 8.26. The average Bonchev–Trinajstić information content (AvgIpc) is 3.32. The highest BCUT2D eigenvalue weighted by atomic mass is 32.2. The van der Waals surface area contributed by atoms with Crippen LogP contribution in [0.15, 0.2) is 37.4 Å². The first kappa shape index (κ1) is 23.9. The summed E-state index contributed by atoms with van der Waals surface area (Å²) in [5.41, 5.74) is 1.86. The van der Waals surface area contributed by atoms with E-state index >= 15 is 0 Å². The number of morpholine rings is 1. The summed E-state index contributed by atoms with van der Waals surface area (Å²) in [6.07, 6.45) is 1.46. The molecule has 2 saturated heterocycles. The fourth-order valence-electron chi connectivity index (χ4n) is 3.55. The van der Waals surface area contributed by atoms with E-state index in [2.05, 4.69) is 4.98 Å². The first-order chi connectivity index (χ1) is 15.6. The van der Waals surface area contributed by atoms with Crippen molar-refractivity contribution in [2.45, 2.75) is 43.7 Å². The Bertz CT molecular complexity index is 1240. The zero-order chi connectivity index (χ0) is 23.9. The van der Waals surface area contributed by atoms with Gasteiger partial charge in [0.15, 0.2) is 0 Å². The van der Waals surface area contributed by atoms with Crippen LogP contribution in [0, 0.1) is 13.8 Å². The molecule has 3 heterocycles. The van der Waals surface area contributed by atoms with Gasteiger partial charge in [-0.15, -0.1) is 0 Å². The summed E-state index contributed by atoms with van der Waals surface area (Å²) >= 11 is 6.47. The second-order valence-corrected chi connectivity index (χ2v) is 11.7. The van der Waals surface area contributed by atoms with Crippen LogP contribution < -0.4 is 4.90 Å². The maximum Gasteiger partial charge on any atom is 0.266 e. The summed E-state index contributed by atoms with van der Waals surface area (Å²) in [5.74, 6) is -0.0463. The van der Waals surface area contributed by atoms with Gasteiger partial charge in [0.05, 0.1) is 23.0 Å². The van der Waals surface area contributed by atoms with Crippen LogP contribution in [0.25, 0.3) is 6.08 Å². The van der Waals surface area contributed by atoms with Gasteiger partial charge in [-0.3, -0.25) is 9.69 Å². The minimum atomic E-state index is -3.96. The first-order valence-electron chi connectivity index (χ1n) is 10.5. The van der Waals surface area contributed by atoms with Crippen molar-refractivity contribution in [3.63, 3.8) is 0 Å². The Morgan fingerprint density at radius 2 is 1.88 bits per heavy atom. The number of ether oxygens (including phenoxy) is 1. The van der Waals surface area contributed by atoms with E-state index in [-0.39, 0.29) is 33.6 Å². The summed E-state index contributed by atoms with van der Waals surface area (Å²) in [4.78, 5) is 20.9. The fraction of sp³-hybridized carbons (Fsp3) is 0.409. The average molecular weight is 508 g/mol. The van der Waals surface area contributed by atoms with Crippen molar-refractivity contribution in [1.29, 1.82) is 0 Å². The summed E-state index contributed by atoms with van der Waals surface area (Å²) < 4.78 is 38.9. The minimum absolute atomic E-state index is 0.0446. The van der Waals surface area contributed by atoms with Gasteiger partial charge in [-0.25, -0.2) is 8.42 Å². The molecule has 2 aliphatic rings.